The van der Waals surface area contributed by atoms with E-state index < -0.39 is 0 Å². The van der Waals surface area contributed by atoms with Gasteiger partial charge < -0.3 is 5.32 Å². The first kappa shape index (κ1) is 16.9. The summed E-state index contributed by atoms with van der Waals surface area (Å²) in [5.41, 5.74) is 2.16. The first-order valence-corrected chi connectivity index (χ1v) is 9.15. The number of nitrogens with one attached hydrogen (secondary N) is 1. The molecule has 0 fully saturated rings. The highest BCUT2D eigenvalue weighted by molar-refractivity contribution is 8.00. The number of aromatic nitrogens is 2. The summed E-state index contributed by atoms with van der Waals surface area (Å²) in [6.07, 6.45) is 1.52. The molecule has 3 aromatic rings. The quantitative estimate of drug-likeness (QED) is 0.550. The monoisotopic (exact) mass is 361 g/mol. The number of thiophene rings is 1. The van der Waals surface area contributed by atoms with Gasteiger partial charge in [0.1, 0.15) is 22.0 Å². The second-order valence-electron chi connectivity index (χ2n) is 5.44. The van der Waals surface area contributed by atoms with Crippen molar-refractivity contribution in [3.8, 4) is 0 Å². The highest BCUT2D eigenvalue weighted by atomic mass is 32.2. The van der Waals surface area contributed by atoms with Crippen LogP contribution in [-0.4, -0.2) is 21.6 Å². The van der Waals surface area contributed by atoms with Crippen LogP contribution in [-0.2, 0) is 4.79 Å². The van der Waals surface area contributed by atoms with Crippen LogP contribution in [0.15, 0.2) is 29.6 Å². The molecule has 0 unspecified atom stereocenters. The van der Waals surface area contributed by atoms with Gasteiger partial charge in [-0.1, -0.05) is 17.8 Å². The summed E-state index contributed by atoms with van der Waals surface area (Å²) in [4.78, 5) is 22.8. The lowest BCUT2D eigenvalue weighted by molar-refractivity contribution is -0.113. The number of hydrogen-bond donors (Lipinski definition) is 1. The van der Waals surface area contributed by atoms with Crippen LogP contribution < -0.4 is 5.32 Å². The summed E-state index contributed by atoms with van der Waals surface area (Å²) in [5, 5.41) is 4.52. The maximum Gasteiger partial charge on any atom is 0.234 e. The molecule has 124 valence electrons. The van der Waals surface area contributed by atoms with E-state index in [-0.39, 0.29) is 17.5 Å². The van der Waals surface area contributed by atoms with Crippen molar-refractivity contribution in [3.63, 3.8) is 0 Å². The minimum atomic E-state index is -0.331. The van der Waals surface area contributed by atoms with Crippen molar-refractivity contribution in [2.24, 2.45) is 0 Å². The molecule has 0 aliphatic rings. The van der Waals surface area contributed by atoms with Crippen molar-refractivity contribution in [2.45, 2.75) is 25.8 Å². The van der Waals surface area contributed by atoms with Crippen LogP contribution in [0, 0.1) is 26.6 Å². The van der Waals surface area contributed by atoms with Gasteiger partial charge in [0, 0.05) is 16.0 Å². The van der Waals surface area contributed by atoms with E-state index in [0.29, 0.717) is 11.3 Å². The van der Waals surface area contributed by atoms with Gasteiger partial charge >= 0.3 is 0 Å². The van der Waals surface area contributed by atoms with Crippen LogP contribution in [0.5, 0.6) is 0 Å². The summed E-state index contributed by atoms with van der Waals surface area (Å²) < 4.78 is 13.5. The Bertz CT molecular complexity index is 924. The van der Waals surface area contributed by atoms with Crippen LogP contribution >= 0.6 is 23.1 Å². The Morgan fingerprint density at radius 3 is 2.83 bits per heavy atom. The van der Waals surface area contributed by atoms with E-state index >= 15 is 0 Å². The molecule has 0 saturated carbocycles. The van der Waals surface area contributed by atoms with E-state index in [1.807, 2.05) is 6.92 Å². The Hall–Kier alpha value is -1.99. The summed E-state index contributed by atoms with van der Waals surface area (Å²) in [6.45, 7) is 5.77. The van der Waals surface area contributed by atoms with Gasteiger partial charge in [-0.05, 0) is 44.0 Å². The number of benzene rings is 1. The Morgan fingerprint density at radius 2 is 2.08 bits per heavy atom. The largest absolute Gasteiger partial charge is 0.325 e. The minimum Gasteiger partial charge on any atom is -0.325 e. The molecular formula is C17H16FN3OS2. The van der Waals surface area contributed by atoms with Crippen LogP contribution in [0.2, 0.25) is 0 Å². The molecule has 2 aromatic heterocycles. The van der Waals surface area contributed by atoms with Gasteiger partial charge in [-0.2, -0.15) is 0 Å². The van der Waals surface area contributed by atoms with Gasteiger partial charge in [0.05, 0.1) is 5.75 Å². The Kier molecular flexibility index (Phi) is 4.82. The van der Waals surface area contributed by atoms with Gasteiger partial charge in [-0.15, -0.1) is 11.3 Å². The van der Waals surface area contributed by atoms with Gasteiger partial charge in [-0.3, -0.25) is 4.79 Å². The lowest BCUT2D eigenvalue weighted by atomic mass is 10.2. The molecule has 0 bridgehead atoms. The maximum absolute atomic E-state index is 13.5. The fourth-order valence-electron chi connectivity index (χ4n) is 2.26. The fraction of sp³-hybridized carbons (Fsp3) is 0.235. The zero-order valence-corrected chi connectivity index (χ0v) is 15.1. The minimum absolute atomic E-state index is 0.195. The van der Waals surface area contributed by atoms with E-state index in [1.165, 1.54) is 29.0 Å². The number of fused-ring (bicyclic) bond motifs is 1. The SMILES string of the molecule is Cc1ccc(NC(=O)CSc2ncnc3sc(C)c(C)c23)cc1F. The molecule has 7 heteroatoms. The van der Waals surface area contributed by atoms with E-state index in [1.54, 1.807) is 30.4 Å². The van der Waals surface area contributed by atoms with Gasteiger partial charge in [0.25, 0.3) is 0 Å². The second-order valence-corrected chi connectivity index (χ2v) is 7.61. The van der Waals surface area contributed by atoms with Gasteiger partial charge in [0.2, 0.25) is 5.91 Å². The molecule has 1 N–H and O–H groups in total. The standard InChI is InChI=1S/C17H16FN3OS2/c1-9-4-5-12(6-13(9)18)21-14(22)7-23-16-15-10(2)11(3)24-17(15)20-8-19-16/h4-6,8H,7H2,1-3H3,(H,21,22). The zero-order valence-electron chi connectivity index (χ0n) is 13.5. The highest BCUT2D eigenvalue weighted by Crippen LogP contribution is 2.34. The van der Waals surface area contributed by atoms with Crippen molar-refractivity contribution >= 4 is 44.9 Å². The number of thioether (sulfide) groups is 1. The fourth-order valence-corrected chi connectivity index (χ4v) is 4.18. The molecule has 1 aromatic carbocycles. The number of halogens is 1. The Labute approximate surface area is 147 Å². The predicted octanol–water partition coefficient (Wildman–Crippen LogP) is 4.49. The van der Waals surface area contributed by atoms with Crippen LogP contribution in [0.1, 0.15) is 16.0 Å². The Morgan fingerprint density at radius 1 is 1.29 bits per heavy atom. The third-order valence-electron chi connectivity index (χ3n) is 3.73. The molecule has 4 nitrogen and oxygen atoms in total. The van der Waals surface area contributed by atoms with E-state index in [4.69, 9.17) is 0 Å². The normalized spacial score (nSPS) is 11.0. The lowest BCUT2D eigenvalue weighted by Gasteiger charge is -2.07. The van der Waals surface area contributed by atoms with Crippen molar-refractivity contribution in [1.29, 1.82) is 0 Å². The molecule has 0 aliphatic heterocycles. The topological polar surface area (TPSA) is 54.9 Å². The van der Waals surface area contributed by atoms with Crippen LogP contribution in [0.4, 0.5) is 10.1 Å². The average Bonchev–Trinajstić information content (AvgIpc) is 2.84. The second kappa shape index (κ2) is 6.86. The predicted molar refractivity (Wildman–Crippen MR) is 97.4 cm³/mol. The summed E-state index contributed by atoms with van der Waals surface area (Å²) in [6, 6.07) is 4.66. The average molecular weight is 361 g/mol. The first-order valence-electron chi connectivity index (χ1n) is 7.35. The maximum atomic E-state index is 13.5. The van der Waals surface area contributed by atoms with Crippen LogP contribution in [0.3, 0.4) is 0 Å². The summed E-state index contributed by atoms with van der Waals surface area (Å²) in [5.74, 6) is -0.322. The Balaban J connectivity index is 1.71. The molecule has 0 atom stereocenters. The molecule has 1 amide bonds. The molecular weight excluding hydrogens is 345 g/mol. The van der Waals surface area contributed by atoms with Gasteiger partial charge in [0.15, 0.2) is 0 Å². The van der Waals surface area contributed by atoms with Crippen molar-refractivity contribution in [2.75, 3.05) is 11.1 Å². The van der Waals surface area contributed by atoms with Crippen molar-refractivity contribution in [3.05, 3.63) is 46.3 Å². The first-order chi connectivity index (χ1) is 11.5. The summed E-state index contributed by atoms with van der Waals surface area (Å²) >= 11 is 2.99. The smallest absolute Gasteiger partial charge is 0.234 e. The molecule has 0 radical (unpaired) electrons. The van der Waals surface area contributed by atoms with Gasteiger partial charge in [-0.25, -0.2) is 14.4 Å². The molecule has 3 rings (SSSR count). The number of rotatable bonds is 4. The number of anilines is 1. The third-order valence-corrected chi connectivity index (χ3v) is 5.83. The molecule has 0 saturated heterocycles. The molecule has 0 aliphatic carbocycles. The zero-order chi connectivity index (χ0) is 17.3. The van der Waals surface area contributed by atoms with E-state index in [0.717, 1.165) is 20.8 Å². The lowest BCUT2D eigenvalue weighted by Crippen LogP contribution is -2.14. The van der Waals surface area contributed by atoms with E-state index in [2.05, 4.69) is 22.2 Å². The highest BCUT2D eigenvalue weighted by Gasteiger charge is 2.14. The summed E-state index contributed by atoms with van der Waals surface area (Å²) in [7, 11) is 0. The molecule has 24 heavy (non-hydrogen) atoms. The number of amides is 1. The number of carbonyl (C=O) groups excluding carboxylic acids is 1. The number of carbonyl (C=O) groups is 1. The van der Waals surface area contributed by atoms with Crippen molar-refractivity contribution in [1.82, 2.24) is 9.97 Å². The van der Waals surface area contributed by atoms with E-state index in [9.17, 15) is 9.18 Å². The molecule has 0 spiro atoms. The number of nitrogens with zero attached hydrogens (tertiary/aromatic N) is 2. The number of aryl methyl sites for hydroxylation is 3. The number of hydrogen-bond acceptors (Lipinski definition) is 5. The van der Waals surface area contributed by atoms with Crippen molar-refractivity contribution < 1.29 is 9.18 Å². The third kappa shape index (κ3) is 3.42. The molecule has 2 heterocycles. The van der Waals surface area contributed by atoms with Crippen LogP contribution in [0.25, 0.3) is 10.2 Å².